The van der Waals surface area contributed by atoms with Crippen LogP contribution in [0, 0.1) is 5.92 Å². The van der Waals surface area contributed by atoms with Crippen molar-refractivity contribution in [3.63, 3.8) is 0 Å². The average Bonchev–Trinajstić information content (AvgIpc) is 3.06. The number of amides is 2. The van der Waals surface area contributed by atoms with E-state index >= 15 is 0 Å². The molecule has 0 aromatic heterocycles. The van der Waals surface area contributed by atoms with Crippen LogP contribution >= 0.6 is 34.8 Å². The first-order valence-electron chi connectivity index (χ1n) is 15.1. The van der Waals surface area contributed by atoms with E-state index in [1.165, 1.54) is 41.3 Å². The topological polar surface area (TPSA) is 86.8 Å². The molecule has 260 valence electrons. The zero-order valence-corrected chi connectivity index (χ0v) is 29.5. The number of hydrogen-bond acceptors (Lipinski definition) is 4. The van der Waals surface area contributed by atoms with Crippen molar-refractivity contribution >= 4 is 62.3 Å². The van der Waals surface area contributed by atoms with Crippen LogP contribution in [0.15, 0.2) is 102 Å². The van der Waals surface area contributed by atoms with Crippen molar-refractivity contribution < 1.29 is 31.2 Å². The van der Waals surface area contributed by atoms with Gasteiger partial charge in [-0.25, -0.2) is 8.42 Å². The second-order valence-electron chi connectivity index (χ2n) is 11.6. The van der Waals surface area contributed by atoms with Crippen LogP contribution in [0.2, 0.25) is 15.1 Å². The number of halogens is 6. The molecule has 0 fully saturated rings. The van der Waals surface area contributed by atoms with Crippen LogP contribution in [0.5, 0.6) is 0 Å². The Balaban J connectivity index is 1.86. The number of nitrogens with zero attached hydrogens (tertiary/aromatic N) is 2. The minimum absolute atomic E-state index is 0.0441. The third-order valence-corrected chi connectivity index (χ3v) is 10.3. The number of alkyl halides is 3. The van der Waals surface area contributed by atoms with Gasteiger partial charge in [0.2, 0.25) is 11.8 Å². The summed E-state index contributed by atoms with van der Waals surface area (Å²) in [6, 6.07) is 22.0. The van der Waals surface area contributed by atoms with E-state index in [-0.39, 0.29) is 33.8 Å². The Hall–Kier alpha value is -3.77. The fraction of sp³-hybridized carbons (Fsp3) is 0.257. The molecular formula is C35H33Cl3F3N3O4S. The lowest BCUT2D eigenvalue weighted by Crippen LogP contribution is -2.53. The molecule has 1 atom stereocenters. The number of carbonyl (C=O) groups excluding carboxylic acids is 2. The maximum absolute atomic E-state index is 14.5. The summed E-state index contributed by atoms with van der Waals surface area (Å²) in [6.07, 6.45) is -4.88. The molecule has 14 heteroatoms. The van der Waals surface area contributed by atoms with Crippen molar-refractivity contribution in [3.8, 4) is 0 Å². The summed E-state index contributed by atoms with van der Waals surface area (Å²) in [7, 11) is -4.63. The molecule has 49 heavy (non-hydrogen) atoms. The summed E-state index contributed by atoms with van der Waals surface area (Å²) < 4.78 is 70.6. The summed E-state index contributed by atoms with van der Waals surface area (Å²) in [6.45, 7) is 2.92. The van der Waals surface area contributed by atoms with Gasteiger partial charge in [-0.05, 0) is 59.5 Å². The first-order chi connectivity index (χ1) is 23.1. The van der Waals surface area contributed by atoms with Crippen molar-refractivity contribution in [2.45, 2.75) is 43.9 Å². The van der Waals surface area contributed by atoms with E-state index in [2.05, 4.69) is 5.32 Å². The summed E-state index contributed by atoms with van der Waals surface area (Å²) in [5.41, 5.74) is -0.552. The number of rotatable bonds is 13. The van der Waals surface area contributed by atoms with E-state index in [4.69, 9.17) is 34.8 Å². The molecule has 0 saturated carbocycles. The molecule has 0 bridgehead atoms. The number of nitrogens with one attached hydrogen (secondary N) is 1. The number of carbonyl (C=O) groups is 2. The van der Waals surface area contributed by atoms with Gasteiger partial charge in [0.15, 0.2) is 0 Å². The Labute approximate surface area is 298 Å². The van der Waals surface area contributed by atoms with Crippen molar-refractivity contribution in [2.75, 3.05) is 17.4 Å². The van der Waals surface area contributed by atoms with Gasteiger partial charge in [-0.1, -0.05) is 103 Å². The predicted octanol–water partition coefficient (Wildman–Crippen LogP) is 8.27. The number of anilines is 1. The van der Waals surface area contributed by atoms with E-state index < -0.39 is 56.9 Å². The fourth-order valence-electron chi connectivity index (χ4n) is 4.95. The number of sulfonamides is 1. The lowest BCUT2D eigenvalue weighted by molar-refractivity contribution is -0.140. The third-order valence-electron chi connectivity index (χ3n) is 7.45. The summed E-state index contributed by atoms with van der Waals surface area (Å²) in [5.74, 6) is -1.30. The van der Waals surface area contributed by atoms with Crippen LogP contribution in [-0.4, -0.2) is 44.3 Å². The molecule has 4 aromatic carbocycles. The van der Waals surface area contributed by atoms with Gasteiger partial charge in [-0.2, -0.15) is 13.2 Å². The van der Waals surface area contributed by atoms with Crippen LogP contribution in [0.1, 0.15) is 30.5 Å². The standard InChI is InChI=1S/C35H33Cl3F3N3O4S/c1-23(2)20-42-34(46)32(18-24-9-5-3-6-10-24)43(21-25-13-15-30(37)31(38)17-25)33(45)22-44(49(47,48)27-11-7-4-8-12-27)26-14-16-29(36)28(19-26)35(39,40)41/h3-17,19,23,32H,18,20-22H2,1-2H3,(H,42,46). The monoisotopic (exact) mass is 753 g/mol. The first-order valence-corrected chi connectivity index (χ1v) is 17.6. The Morgan fingerprint density at radius 3 is 2.00 bits per heavy atom. The van der Waals surface area contributed by atoms with Gasteiger partial charge < -0.3 is 10.2 Å². The molecule has 1 unspecified atom stereocenters. The molecule has 0 aliphatic carbocycles. The lowest BCUT2D eigenvalue weighted by atomic mass is 10.0. The second-order valence-corrected chi connectivity index (χ2v) is 14.7. The molecule has 4 aromatic rings. The lowest BCUT2D eigenvalue weighted by Gasteiger charge is -2.34. The van der Waals surface area contributed by atoms with Gasteiger partial charge in [0.25, 0.3) is 10.0 Å². The highest BCUT2D eigenvalue weighted by molar-refractivity contribution is 7.92. The minimum Gasteiger partial charge on any atom is -0.354 e. The van der Waals surface area contributed by atoms with Gasteiger partial charge in [0.1, 0.15) is 12.6 Å². The molecule has 4 rings (SSSR count). The molecule has 0 saturated heterocycles. The van der Waals surface area contributed by atoms with Crippen LogP contribution < -0.4 is 9.62 Å². The molecule has 0 radical (unpaired) electrons. The molecule has 0 aliphatic heterocycles. The zero-order valence-electron chi connectivity index (χ0n) is 26.4. The smallest absolute Gasteiger partial charge is 0.354 e. The molecular weight excluding hydrogens is 722 g/mol. The largest absolute Gasteiger partial charge is 0.417 e. The molecule has 1 N–H and O–H groups in total. The molecule has 0 spiro atoms. The third kappa shape index (κ3) is 9.91. The predicted molar refractivity (Wildman–Crippen MR) is 186 cm³/mol. The van der Waals surface area contributed by atoms with E-state index in [0.717, 1.165) is 12.1 Å². The summed E-state index contributed by atoms with van der Waals surface area (Å²) in [4.78, 5) is 29.3. The molecule has 0 aliphatic rings. The highest BCUT2D eigenvalue weighted by Crippen LogP contribution is 2.38. The van der Waals surface area contributed by atoms with Crippen LogP contribution in [0.25, 0.3) is 0 Å². The van der Waals surface area contributed by atoms with Crippen molar-refractivity contribution in [2.24, 2.45) is 5.92 Å². The molecule has 0 heterocycles. The van der Waals surface area contributed by atoms with Crippen LogP contribution in [0.3, 0.4) is 0 Å². The maximum Gasteiger partial charge on any atom is 0.417 e. The Morgan fingerprint density at radius 1 is 0.796 bits per heavy atom. The first kappa shape index (κ1) is 38.0. The molecule has 2 amide bonds. The quantitative estimate of drug-likeness (QED) is 0.149. The molecule has 7 nitrogen and oxygen atoms in total. The average molecular weight is 755 g/mol. The van der Waals surface area contributed by atoms with Crippen molar-refractivity contribution in [1.29, 1.82) is 0 Å². The fourth-order valence-corrected chi connectivity index (χ4v) is 6.92. The van der Waals surface area contributed by atoms with Crippen molar-refractivity contribution in [3.05, 3.63) is 129 Å². The summed E-state index contributed by atoms with van der Waals surface area (Å²) >= 11 is 18.3. The minimum atomic E-state index is -4.92. The number of benzene rings is 4. The van der Waals surface area contributed by atoms with Crippen LogP contribution in [0.4, 0.5) is 18.9 Å². The van der Waals surface area contributed by atoms with Gasteiger partial charge in [-0.3, -0.25) is 13.9 Å². The zero-order chi connectivity index (χ0) is 35.9. The van der Waals surface area contributed by atoms with E-state index in [0.29, 0.717) is 28.0 Å². The van der Waals surface area contributed by atoms with Crippen molar-refractivity contribution in [1.82, 2.24) is 10.2 Å². The maximum atomic E-state index is 14.5. The van der Waals surface area contributed by atoms with E-state index in [1.54, 1.807) is 42.5 Å². The normalized spacial score (nSPS) is 12.4. The SMILES string of the molecule is CC(C)CNC(=O)C(Cc1ccccc1)N(Cc1ccc(Cl)c(Cl)c1)C(=O)CN(c1ccc(Cl)c(C(F)(F)F)c1)S(=O)(=O)c1ccccc1. The van der Waals surface area contributed by atoms with Gasteiger partial charge in [-0.15, -0.1) is 0 Å². The van der Waals surface area contributed by atoms with E-state index in [1.807, 2.05) is 13.8 Å². The van der Waals surface area contributed by atoms with Gasteiger partial charge in [0, 0.05) is 19.5 Å². The van der Waals surface area contributed by atoms with Gasteiger partial charge in [0.05, 0.1) is 31.2 Å². The number of hydrogen-bond donors (Lipinski definition) is 1. The summed E-state index contributed by atoms with van der Waals surface area (Å²) in [5, 5.41) is 2.65. The highest BCUT2D eigenvalue weighted by atomic mass is 35.5. The Morgan fingerprint density at radius 2 is 1.41 bits per heavy atom. The Kier molecular flexibility index (Phi) is 12.6. The Bertz CT molecular complexity index is 1880. The second kappa shape index (κ2) is 16.3. The van der Waals surface area contributed by atoms with Gasteiger partial charge >= 0.3 is 6.18 Å². The van der Waals surface area contributed by atoms with E-state index in [9.17, 15) is 31.2 Å². The van der Waals surface area contributed by atoms with Crippen LogP contribution in [-0.2, 0) is 38.8 Å². The highest BCUT2D eigenvalue weighted by Gasteiger charge is 2.37.